The number of carbonyl (C=O) groups is 1. The van der Waals surface area contributed by atoms with Crippen LogP contribution in [-0.2, 0) is 20.2 Å². The minimum atomic E-state index is -3.90. The summed E-state index contributed by atoms with van der Waals surface area (Å²) in [5, 5.41) is 4.54. The highest BCUT2D eigenvalue weighted by molar-refractivity contribution is 7.92. The Bertz CT molecular complexity index is 1110. The highest BCUT2D eigenvalue weighted by atomic mass is 32.2. The lowest BCUT2D eigenvalue weighted by molar-refractivity contribution is 0.0600. The zero-order valence-corrected chi connectivity index (χ0v) is 17.5. The molecule has 0 saturated carbocycles. The zero-order chi connectivity index (χ0) is 21.2. The summed E-state index contributed by atoms with van der Waals surface area (Å²) in [7, 11) is -2.61. The number of sulfonamides is 1. The molecule has 0 amide bonds. The lowest BCUT2D eigenvalue weighted by atomic mass is 9.92. The predicted octanol–water partition coefficient (Wildman–Crippen LogP) is 3.76. The van der Waals surface area contributed by atoms with Gasteiger partial charge in [0.1, 0.15) is 4.90 Å². The summed E-state index contributed by atoms with van der Waals surface area (Å²) in [4.78, 5) is 11.7. The summed E-state index contributed by atoms with van der Waals surface area (Å²) in [5.41, 5.74) is 1.41. The molecule has 8 heteroatoms. The van der Waals surface area contributed by atoms with Crippen molar-refractivity contribution in [3.8, 4) is 5.69 Å². The average Bonchev–Trinajstić information content (AvgIpc) is 3.15. The summed E-state index contributed by atoms with van der Waals surface area (Å²) < 4.78 is 35.0. The van der Waals surface area contributed by atoms with Crippen LogP contribution in [-0.4, -0.2) is 31.3 Å². The Morgan fingerprint density at radius 3 is 2.21 bits per heavy atom. The van der Waals surface area contributed by atoms with E-state index in [1.54, 1.807) is 4.68 Å². The zero-order valence-electron chi connectivity index (χ0n) is 16.7. The second-order valence-electron chi connectivity index (χ2n) is 7.55. The first-order valence-electron chi connectivity index (χ1n) is 8.98. The van der Waals surface area contributed by atoms with Crippen LogP contribution in [0.2, 0.25) is 0 Å². The molecule has 29 heavy (non-hydrogen) atoms. The van der Waals surface area contributed by atoms with Crippen LogP contribution in [0.1, 0.15) is 36.8 Å². The first-order chi connectivity index (χ1) is 13.6. The Balaban J connectivity index is 1.99. The molecule has 7 nitrogen and oxygen atoms in total. The summed E-state index contributed by atoms with van der Waals surface area (Å²) in [6.07, 6.45) is 1.51. The number of carbonyl (C=O) groups excluding carboxylic acids is 1. The predicted molar refractivity (Wildman–Crippen MR) is 111 cm³/mol. The molecule has 0 atom stereocenters. The number of anilines is 1. The largest absolute Gasteiger partial charge is 0.465 e. The maximum Gasteiger partial charge on any atom is 0.337 e. The van der Waals surface area contributed by atoms with E-state index in [1.807, 2.05) is 51.1 Å². The molecule has 0 aliphatic heterocycles. The highest BCUT2D eigenvalue weighted by Gasteiger charge is 2.30. The Morgan fingerprint density at radius 1 is 1.03 bits per heavy atom. The fourth-order valence-corrected chi connectivity index (χ4v) is 4.19. The number of hydrogen-bond donors (Lipinski definition) is 1. The normalized spacial score (nSPS) is 11.9. The SMILES string of the molecule is COC(=O)c1ccc(NS(=O)(=O)c2cn(-c3ccccc3)nc2C(C)(C)C)cc1. The van der Waals surface area contributed by atoms with Crippen molar-refractivity contribution in [2.24, 2.45) is 0 Å². The van der Waals surface area contributed by atoms with Crippen molar-refractivity contribution in [2.45, 2.75) is 31.1 Å². The molecular formula is C21H23N3O4S. The molecule has 1 heterocycles. The first-order valence-corrected chi connectivity index (χ1v) is 10.5. The van der Waals surface area contributed by atoms with Crippen molar-refractivity contribution < 1.29 is 17.9 Å². The number of nitrogens with one attached hydrogen (secondary N) is 1. The van der Waals surface area contributed by atoms with E-state index >= 15 is 0 Å². The summed E-state index contributed by atoms with van der Waals surface area (Å²) in [5.74, 6) is -0.487. The van der Waals surface area contributed by atoms with Crippen molar-refractivity contribution in [3.05, 3.63) is 72.1 Å². The van der Waals surface area contributed by atoms with E-state index in [0.29, 0.717) is 16.9 Å². The number of hydrogen-bond acceptors (Lipinski definition) is 5. The smallest absolute Gasteiger partial charge is 0.337 e. The van der Waals surface area contributed by atoms with Gasteiger partial charge in [-0.15, -0.1) is 0 Å². The van der Waals surface area contributed by atoms with Gasteiger partial charge in [-0.1, -0.05) is 39.0 Å². The average molecular weight is 413 g/mol. The van der Waals surface area contributed by atoms with Gasteiger partial charge in [-0.05, 0) is 36.4 Å². The van der Waals surface area contributed by atoms with Crippen LogP contribution < -0.4 is 4.72 Å². The quantitative estimate of drug-likeness (QED) is 0.643. The minimum Gasteiger partial charge on any atom is -0.465 e. The van der Waals surface area contributed by atoms with Gasteiger partial charge in [-0.25, -0.2) is 17.9 Å². The first kappa shape index (κ1) is 20.6. The molecule has 0 radical (unpaired) electrons. The van der Waals surface area contributed by atoms with Gasteiger partial charge < -0.3 is 4.74 Å². The van der Waals surface area contributed by atoms with Crippen LogP contribution in [0.5, 0.6) is 0 Å². The van der Waals surface area contributed by atoms with Gasteiger partial charge in [0.05, 0.1) is 30.3 Å². The number of aromatic nitrogens is 2. The Hall–Kier alpha value is -3.13. The lowest BCUT2D eigenvalue weighted by Gasteiger charge is -2.18. The van der Waals surface area contributed by atoms with Crippen molar-refractivity contribution >= 4 is 21.7 Å². The van der Waals surface area contributed by atoms with Crippen molar-refractivity contribution in [1.82, 2.24) is 9.78 Å². The molecule has 0 aliphatic carbocycles. The van der Waals surface area contributed by atoms with Gasteiger partial charge in [-0.3, -0.25) is 4.72 Å². The Morgan fingerprint density at radius 2 is 1.66 bits per heavy atom. The molecule has 1 aromatic heterocycles. The molecular weight excluding hydrogens is 390 g/mol. The number of nitrogens with zero attached hydrogens (tertiary/aromatic N) is 2. The summed E-state index contributed by atoms with van der Waals surface area (Å²) in [6, 6.07) is 15.4. The second-order valence-corrected chi connectivity index (χ2v) is 9.20. The standard InChI is InChI=1S/C21H23N3O4S/c1-21(2,3)19-18(14-24(22-19)17-8-6-5-7-9-17)29(26,27)23-16-12-10-15(11-13-16)20(25)28-4/h5-14,23H,1-4H3. The number of para-hydroxylation sites is 1. The third kappa shape index (κ3) is 4.48. The van der Waals surface area contributed by atoms with E-state index < -0.39 is 21.4 Å². The van der Waals surface area contributed by atoms with Crippen LogP contribution in [0.3, 0.4) is 0 Å². The van der Waals surface area contributed by atoms with Crippen LogP contribution in [0.25, 0.3) is 5.69 Å². The van der Waals surface area contributed by atoms with E-state index in [2.05, 4.69) is 14.6 Å². The third-order valence-electron chi connectivity index (χ3n) is 4.26. The van der Waals surface area contributed by atoms with Gasteiger partial charge in [0.2, 0.25) is 0 Å². The number of esters is 1. The summed E-state index contributed by atoms with van der Waals surface area (Å²) in [6.45, 7) is 5.73. The maximum absolute atomic E-state index is 13.1. The fraction of sp³-hybridized carbons (Fsp3) is 0.238. The second kappa shape index (κ2) is 7.71. The van der Waals surface area contributed by atoms with E-state index in [0.717, 1.165) is 5.69 Å². The molecule has 3 rings (SSSR count). The van der Waals surface area contributed by atoms with Gasteiger partial charge in [-0.2, -0.15) is 5.10 Å². The van der Waals surface area contributed by atoms with Crippen molar-refractivity contribution in [1.29, 1.82) is 0 Å². The van der Waals surface area contributed by atoms with Crippen LogP contribution in [0, 0.1) is 0 Å². The number of rotatable bonds is 5. The molecule has 0 unspecified atom stereocenters. The highest BCUT2D eigenvalue weighted by Crippen LogP contribution is 2.30. The van der Waals surface area contributed by atoms with Crippen LogP contribution >= 0.6 is 0 Å². The van der Waals surface area contributed by atoms with Gasteiger partial charge >= 0.3 is 5.97 Å². The van der Waals surface area contributed by atoms with Crippen molar-refractivity contribution in [2.75, 3.05) is 11.8 Å². The molecule has 0 spiro atoms. The molecule has 152 valence electrons. The fourth-order valence-electron chi connectivity index (χ4n) is 2.79. The molecule has 1 N–H and O–H groups in total. The van der Waals surface area contributed by atoms with Crippen molar-refractivity contribution in [3.63, 3.8) is 0 Å². The molecule has 0 bridgehead atoms. The third-order valence-corrected chi connectivity index (χ3v) is 5.64. The lowest BCUT2D eigenvalue weighted by Crippen LogP contribution is -2.20. The van der Waals surface area contributed by atoms with E-state index in [-0.39, 0.29) is 4.90 Å². The van der Waals surface area contributed by atoms with Gasteiger partial charge in [0.15, 0.2) is 0 Å². The summed E-state index contributed by atoms with van der Waals surface area (Å²) >= 11 is 0. The minimum absolute atomic E-state index is 0.103. The number of benzene rings is 2. The Labute approximate surface area is 170 Å². The topological polar surface area (TPSA) is 90.3 Å². The Kier molecular flexibility index (Phi) is 5.48. The van der Waals surface area contributed by atoms with E-state index in [9.17, 15) is 13.2 Å². The van der Waals surface area contributed by atoms with Gasteiger partial charge in [0, 0.05) is 11.1 Å². The van der Waals surface area contributed by atoms with E-state index in [1.165, 1.54) is 37.6 Å². The molecule has 0 saturated heterocycles. The number of ether oxygens (including phenoxy) is 1. The molecule has 0 aliphatic rings. The molecule has 0 fully saturated rings. The van der Waals surface area contributed by atoms with Gasteiger partial charge in [0.25, 0.3) is 10.0 Å². The maximum atomic E-state index is 13.1. The number of methoxy groups -OCH3 is 1. The molecule has 2 aromatic carbocycles. The monoisotopic (exact) mass is 413 g/mol. The van der Waals surface area contributed by atoms with Crippen LogP contribution in [0.15, 0.2) is 65.7 Å². The van der Waals surface area contributed by atoms with Crippen LogP contribution in [0.4, 0.5) is 5.69 Å². The molecule has 3 aromatic rings. The van der Waals surface area contributed by atoms with E-state index in [4.69, 9.17) is 0 Å².